The average molecular weight is 260 g/mol. The van der Waals surface area contributed by atoms with Crippen molar-refractivity contribution in [2.45, 2.75) is 13.3 Å². The van der Waals surface area contributed by atoms with Crippen LogP contribution in [0.15, 0.2) is 67.1 Å². The summed E-state index contributed by atoms with van der Waals surface area (Å²) in [5, 5.41) is 0. The minimum atomic E-state index is 0.980. The third-order valence-electron chi connectivity index (χ3n) is 3.43. The summed E-state index contributed by atoms with van der Waals surface area (Å²) >= 11 is 0. The molecule has 0 radical (unpaired) electrons. The van der Waals surface area contributed by atoms with E-state index in [4.69, 9.17) is 0 Å². The lowest BCUT2D eigenvalue weighted by Crippen LogP contribution is -1.91. The highest BCUT2D eigenvalue weighted by Crippen LogP contribution is 2.29. The molecule has 2 aromatic carbocycles. The van der Waals surface area contributed by atoms with Crippen molar-refractivity contribution in [1.29, 1.82) is 0 Å². The van der Waals surface area contributed by atoms with Crippen LogP contribution in [0.1, 0.15) is 12.5 Å². The van der Waals surface area contributed by atoms with Crippen LogP contribution in [0.3, 0.4) is 0 Å². The maximum absolute atomic E-state index is 4.47. The lowest BCUT2D eigenvalue weighted by atomic mass is 10.00. The highest BCUT2D eigenvalue weighted by atomic mass is 14.8. The van der Waals surface area contributed by atoms with Crippen molar-refractivity contribution in [3.63, 3.8) is 0 Å². The van der Waals surface area contributed by atoms with Crippen LogP contribution >= 0.6 is 0 Å². The van der Waals surface area contributed by atoms with Crippen LogP contribution in [-0.2, 0) is 6.42 Å². The average Bonchev–Trinajstić information content (AvgIpc) is 2.56. The monoisotopic (exact) mass is 260 g/mol. The van der Waals surface area contributed by atoms with E-state index in [0.29, 0.717) is 0 Å². The van der Waals surface area contributed by atoms with Gasteiger partial charge in [0.1, 0.15) is 6.33 Å². The number of rotatable bonds is 3. The van der Waals surface area contributed by atoms with Crippen molar-refractivity contribution in [1.82, 2.24) is 9.97 Å². The molecule has 1 aromatic heterocycles. The summed E-state index contributed by atoms with van der Waals surface area (Å²) in [6.07, 6.45) is 4.54. The second-order valence-electron chi connectivity index (χ2n) is 4.70. The smallest absolute Gasteiger partial charge is 0.116 e. The zero-order valence-corrected chi connectivity index (χ0v) is 11.5. The largest absolute Gasteiger partial charge is 0.244 e. The van der Waals surface area contributed by atoms with Crippen LogP contribution in [0, 0.1) is 0 Å². The van der Waals surface area contributed by atoms with Gasteiger partial charge in [-0.05, 0) is 17.5 Å². The zero-order valence-electron chi connectivity index (χ0n) is 11.5. The van der Waals surface area contributed by atoms with Gasteiger partial charge in [0.15, 0.2) is 0 Å². The van der Waals surface area contributed by atoms with Gasteiger partial charge >= 0.3 is 0 Å². The Morgan fingerprint density at radius 2 is 1.60 bits per heavy atom. The molecular weight excluding hydrogens is 244 g/mol. The van der Waals surface area contributed by atoms with Crippen molar-refractivity contribution in [3.8, 4) is 22.4 Å². The van der Waals surface area contributed by atoms with E-state index in [9.17, 15) is 0 Å². The van der Waals surface area contributed by atoms with Crippen LogP contribution in [0.4, 0.5) is 0 Å². The molecule has 2 nitrogen and oxygen atoms in total. The van der Waals surface area contributed by atoms with Crippen LogP contribution < -0.4 is 0 Å². The Balaban J connectivity index is 2.10. The predicted molar refractivity (Wildman–Crippen MR) is 82.3 cm³/mol. The van der Waals surface area contributed by atoms with Crippen LogP contribution in [0.2, 0.25) is 0 Å². The molecular formula is C18H16N2. The molecule has 0 atom stereocenters. The Hall–Kier alpha value is -2.48. The molecule has 0 saturated carbocycles. The van der Waals surface area contributed by atoms with E-state index < -0.39 is 0 Å². The van der Waals surface area contributed by atoms with Crippen molar-refractivity contribution >= 4 is 0 Å². The van der Waals surface area contributed by atoms with Gasteiger partial charge in [0, 0.05) is 17.3 Å². The number of hydrogen-bond donors (Lipinski definition) is 0. The molecule has 3 rings (SSSR count). The SMILES string of the molecule is CCc1ccc(-c2ncncc2-c2ccccc2)cc1. The van der Waals surface area contributed by atoms with Crippen molar-refractivity contribution in [2.24, 2.45) is 0 Å². The van der Waals surface area contributed by atoms with E-state index in [1.807, 2.05) is 24.4 Å². The molecule has 0 amide bonds. The predicted octanol–water partition coefficient (Wildman–Crippen LogP) is 4.37. The summed E-state index contributed by atoms with van der Waals surface area (Å²) in [6.45, 7) is 2.16. The lowest BCUT2D eigenvalue weighted by Gasteiger charge is -2.08. The van der Waals surface area contributed by atoms with Gasteiger partial charge in [-0.2, -0.15) is 0 Å². The molecule has 0 bridgehead atoms. The second-order valence-corrected chi connectivity index (χ2v) is 4.70. The molecule has 20 heavy (non-hydrogen) atoms. The fraction of sp³-hybridized carbons (Fsp3) is 0.111. The van der Waals surface area contributed by atoms with E-state index in [-0.39, 0.29) is 0 Å². The number of hydrogen-bond acceptors (Lipinski definition) is 2. The van der Waals surface area contributed by atoms with Crippen molar-refractivity contribution < 1.29 is 0 Å². The maximum atomic E-state index is 4.47. The van der Waals surface area contributed by atoms with Crippen LogP contribution in [0.5, 0.6) is 0 Å². The Kier molecular flexibility index (Phi) is 3.55. The fourth-order valence-electron chi connectivity index (χ4n) is 2.29. The van der Waals surface area contributed by atoms with Gasteiger partial charge in [-0.3, -0.25) is 0 Å². The summed E-state index contributed by atoms with van der Waals surface area (Å²) in [5.74, 6) is 0. The Morgan fingerprint density at radius 3 is 2.30 bits per heavy atom. The topological polar surface area (TPSA) is 25.8 Å². The molecule has 1 heterocycles. The lowest BCUT2D eigenvalue weighted by molar-refractivity contribution is 1.14. The first-order chi connectivity index (χ1) is 9.88. The maximum Gasteiger partial charge on any atom is 0.116 e. The molecule has 2 heteroatoms. The van der Waals surface area contributed by atoms with E-state index in [1.165, 1.54) is 5.56 Å². The summed E-state index contributed by atoms with van der Waals surface area (Å²) < 4.78 is 0. The van der Waals surface area contributed by atoms with Gasteiger partial charge in [-0.25, -0.2) is 9.97 Å². The number of aryl methyl sites for hydroxylation is 1. The van der Waals surface area contributed by atoms with Crippen molar-refractivity contribution in [2.75, 3.05) is 0 Å². The van der Waals surface area contributed by atoms with E-state index >= 15 is 0 Å². The van der Waals surface area contributed by atoms with Crippen molar-refractivity contribution in [3.05, 3.63) is 72.7 Å². The van der Waals surface area contributed by atoms with Gasteiger partial charge in [0.05, 0.1) is 5.69 Å². The van der Waals surface area contributed by atoms with E-state index in [1.54, 1.807) is 6.33 Å². The third kappa shape index (κ3) is 2.45. The molecule has 0 aliphatic carbocycles. The Labute approximate surface area is 119 Å². The molecule has 0 unspecified atom stereocenters. The summed E-state index contributed by atoms with van der Waals surface area (Å²) in [6, 6.07) is 18.8. The fourth-order valence-corrected chi connectivity index (χ4v) is 2.29. The Morgan fingerprint density at radius 1 is 0.850 bits per heavy atom. The molecule has 0 fully saturated rings. The van der Waals surface area contributed by atoms with Gasteiger partial charge in [0.2, 0.25) is 0 Å². The number of nitrogens with zero attached hydrogens (tertiary/aromatic N) is 2. The summed E-state index contributed by atoms with van der Waals surface area (Å²) in [4.78, 5) is 8.64. The highest BCUT2D eigenvalue weighted by molar-refractivity contribution is 5.79. The zero-order chi connectivity index (χ0) is 13.8. The summed E-state index contributed by atoms with van der Waals surface area (Å²) in [5.41, 5.74) is 5.65. The molecule has 0 saturated heterocycles. The summed E-state index contributed by atoms with van der Waals surface area (Å²) in [7, 11) is 0. The number of benzene rings is 2. The molecule has 0 aliphatic heterocycles. The highest BCUT2D eigenvalue weighted by Gasteiger charge is 2.08. The minimum absolute atomic E-state index is 0.980. The molecule has 0 aliphatic rings. The van der Waals surface area contributed by atoms with E-state index in [2.05, 4.69) is 53.3 Å². The van der Waals surface area contributed by atoms with Crippen LogP contribution in [0.25, 0.3) is 22.4 Å². The second kappa shape index (κ2) is 5.66. The van der Waals surface area contributed by atoms with Gasteiger partial charge in [-0.15, -0.1) is 0 Å². The number of aromatic nitrogens is 2. The molecule has 98 valence electrons. The quantitative estimate of drug-likeness (QED) is 0.698. The minimum Gasteiger partial charge on any atom is -0.244 e. The third-order valence-corrected chi connectivity index (χ3v) is 3.43. The molecule has 0 spiro atoms. The molecule has 3 aromatic rings. The van der Waals surface area contributed by atoms with E-state index in [0.717, 1.165) is 28.8 Å². The normalized spacial score (nSPS) is 10.4. The first-order valence-corrected chi connectivity index (χ1v) is 6.83. The first kappa shape index (κ1) is 12.5. The standard InChI is InChI=1S/C18H16N2/c1-2-14-8-10-16(11-9-14)18-17(12-19-13-20-18)15-6-4-3-5-7-15/h3-13H,2H2,1H3. The van der Waals surface area contributed by atoms with Gasteiger partial charge < -0.3 is 0 Å². The Bertz CT molecular complexity index is 688. The molecule has 0 N–H and O–H groups in total. The first-order valence-electron chi connectivity index (χ1n) is 6.83. The van der Waals surface area contributed by atoms with Crippen LogP contribution in [-0.4, -0.2) is 9.97 Å². The van der Waals surface area contributed by atoms with Gasteiger partial charge in [0.25, 0.3) is 0 Å². The van der Waals surface area contributed by atoms with Gasteiger partial charge in [-0.1, -0.05) is 61.5 Å².